The van der Waals surface area contributed by atoms with Crippen molar-refractivity contribution in [2.75, 3.05) is 13.1 Å². The fourth-order valence-corrected chi connectivity index (χ4v) is 2.21. The van der Waals surface area contributed by atoms with E-state index in [4.69, 9.17) is 5.73 Å². The van der Waals surface area contributed by atoms with E-state index in [0.717, 1.165) is 17.6 Å². The highest BCUT2D eigenvalue weighted by atomic mass is 79.9. The average Bonchev–Trinajstić information content (AvgIpc) is 2.71. The van der Waals surface area contributed by atoms with Gasteiger partial charge in [-0.1, -0.05) is 28.1 Å². The molecule has 0 aromatic heterocycles. The summed E-state index contributed by atoms with van der Waals surface area (Å²) in [5.74, 6) is 0.594. The molecule has 1 aromatic rings. The molecular weight excluding hydrogens is 240 g/mol. The Balaban J connectivity index is 2.09. The van der Waals surface area contributed by atoms with Crippen molar-refractivity contribution in [3.05, 3.63) is 34.3 Å². The first kappa shape index (κ1) is 10.1. The van der Waals surface area contributed by atoms with Gasteiger partial charge in [0.25, 0.3) is 0 Å². The number of halogens is 1. The summed E-state index contributed by atoms with van der Waals surface area (Å²) in [6.07, 6.45) is 1.19. The van der Waals surface area contributed by atoms with Crippen molar-refractivity contribution in [3.8, 4) is 0 Å². The second-order valence-electron chi connectivity index (χ2n) is 3.83. The number of nitrogens with one attached hydrogen (secondary N) is 1. The lowest BCUT2D eigenvalue weighted by Crippen LogP contribution is -2.23. The van der Waals surface area contributed by atoms with Gasteiger partial charge >= 0.3 is 0 Å². The summed E-state index contributed by atoms with van der Waals surface area (Å²) in [7, 11) is 0. The van der Waals surface area contributed by atoms with Crippen molar-refractivity contribution in [3.63, 3.8) is 0 Å². The normalized spacial score (nSPS) is 23.7. The van der Waals surface area contributed by atoms with Gasteiger partial charge < -0.3 is 11.1 Å². The predicted octanol–water partition coefficient (Wildman–Crippen LogP) is 2.06. The van der Waals surface area contributed by atoms with Crippen LogP contribution in [0.1, 0.15) is 18.0 Å². The van der Waals surface area contributed by atoms with E-state index >= 15 is 0 Å². The van der Waals surface area contributed by atoms with Crippen molar-refractivity contribution < 1.29 is 0 Å². The molecule has 1 aliphatic heterocycles. The van der Waals surface area contributed by atoms with Gasteiger partial charge in [0.2, 0.25) is 0 Å². The lowest BCUT2D eigenvalue weighted by atomic mass is 9.93. The molecule has 3 N–H and O–H groups in total. The standard InChI is InChI=1S/C11H15BrN2/c12-10-3-1-8(2-4-10)11(13)9-5-6-14-7-9/h1-4,9,11,14H,5-7,13H2. The number of rotatable bonds is 2. The number of nitrogens with two attached hydrogens (primary N) is 1. The van der Waals surface area contributed by atoms with Gasteiger partial charge in [-0.2, -0.15) is 0 Å². The van der Waals surface area contributed by atoms with Crippen LogP contribution in [0.2, 0.25) is 0 Å². The quantitative estimate of drug-likeness (QED) is 0.848. The van der Waals surface area contributed by atoms with Crippen LogP contribution in [0.25, 0.3) is 0 Å². The summed E-state index contributed by atoms with van der Waals surface area (Å²) in [5, 5.41) is 3.35. The monoisotopic (exact) mass is 254 g/mol. The van der Waals surface area contributed by atoms with Crippen molar-refractivity contribution in [1.82, 2.24) is 5.32 Å². The zero-order valence-corrected chi connectivity index (χ0v) is 9.63. The van der Waals surface area contributed by atoms with Gasteiger partial charge in [-0.3, -0.25) is 0 Å². The fourth-order valence-electron chi connectivity index (χ4n) is 1.94. The Morgan fingerprint density at radius 2 is 2.07 bits per heavy atom. The summed E-state index contributed by atoms with van der Waals surface area (Å²) in [6, 6.07) is 8.49. The van der Waals surface area contributed by atoms with Gasteiger partial charge in [0.05, 0.1) is 0 Å². The summed E-state index contributed by atoms with van der Waals surface area (Å²) < 4.78 is 1.11. The van der Waals surface area contributed by atoms with Crippen molar-refractivity contribution in [1.29, 1.82) is 0 Å². The minimum atomic E-state index is 0.179. The van der Waals surface area contributed by atoms with Gasteiger partial charge in [-0.25, -0.2) is 0 Å². The van der Waals surface area contributed by atoms with Crippen LogP contribution in [0.4, 0.5) is 0 Å². The van der Waals surface area contributed by atoms with Gasteiger partial charge in [0, 0.05) is 10.5 Å². The summed E-state index contributed by atoms with van der Waals surface area (Å²) in [6.45, 7) is 2.16. The minimum absolute atomic E-state index is 0.179. The summed E-state index contributed by atoms with van der Waals surface area (Å²) >= 11 is 3.42. The molecule has 76 valence electrons. The number of hydrogen-bond donors (Lipinski definition) is 2. The molecule has 0 saturated carbocycles. The second-order valence-corrected chi connectivity index (χ2v) is 4.75. The van der Waals surface area contributed by atoms with Crippen LogP contribution in [0.3, 0.4) is 0 Å². The van der Waals surface area contributed by atoms with E-state index in [9.17, 15) is 0 Å². The predicted molar refractivity (Wildman–Crippen MR) is 62.0 cm³/mol. The number of benzene rings is 1. The molecule has 3 heteroatoms. The van der Waals surface area contributed by atoms with E-state index in [1.807, 2.05) is 0 Å². The molecule has 1 aliphatic rings. The SMILES string of the molecule is NC(c1ccc(Br)cc1)C1CCNC1. The topological polar surface area (TPSA) is 38.0 Å². The van der Waals surface area contributed by atoms with Gasteiger partial charge in [0.15, 0.2) is 0 Å². The maximum absolute atomic E-state index is 6.20. The third-order valence-electron chi connectivity index (χ3n) is 2.86. The maximum Gasteiger partial charge on any atom is 0.0336 e. The first-order valence-corrected chi connectivity index (χ1v) is 5.78. The second kappa shape index (κ2) is 4.43. The smallest absolute Gasteiger partial charge is 0.0336 e. The van der Waals surface area contributed by atoms with Crippen LogP contribution in [-0.2, 0) is 0 Å². The molecule has 0 bridgehead atoms. The van der Waals surface area contributed by atoms with Crippen LogP contribution < -0.4 is 11.1 Å². The molecule has 2 nitrogen and oxygen atoms in total. The Labute approximate surface area is 93.0 Å². The lowest BCUT2D eigenvalue weighted by Gasteiger charge is -2.18. The van der Waals surface area contributed by atoms with Gasteiger partial charge in [-0.15, -0.1) is 0 Å². The summed E-state index contributed by atoms with van der Waals surface area (Å²) in [4.78, 5) is 0. The molecule has 1 saturated heterocycles. The highest BCUT2D eigenvalue weighted by Gasteiger charge is 2.22. The molecule has 1 heterocycles. The zero-order valence-electron chi connectivity index (χ0n) is 8.04. The molecule has 0 amide bonds. The molecule has 0 aliphatic carbocycles. The lowest BCUT2D eigenvalue weighted by molar-refractivity contribution is 0.470. The minimum Gasteiger partial charge on any atom is -0.324 e. The third-order valence-corrected chi connectivity index (χ3v) is 3.39. The van der Waals surface area contributed by atoms with E-state index in [2.05, 4.69) is 45.5 Å². The Hall–Kier alpha value is -0.380. The molecular formula is C11H15BrN2. The Morgan fingerprint density at radius 3 is 2.64 bits per heavy atom. The molecule has 0 spiro atoms. The van der Waals surface area contributed by atoms with E-state index in [0.29, 0.717) is 5.92 Å². The molecule has 0 radical (unpaired) electrons. The number of hydrogen-bond acceptors (Lipinski definition) is 2. The van der Waals surface area contributed by atoms with Crippen LogP contribution in [0, 0.1) is 5.92 Å². The molecule has 2 rings (SSSR count). The van der Waals surface area contributed by atoms with E-state index in [1.54, 1.807) is 0 Å². The van der Waals surface area contributed by atoms with Crippen molar-refractivity contribution >= 4 is 15.9 Å². The first-order valence-electron chi connectivity index (χ1n) is 4.99. The fraction of sp³-hybridized carbons (Fsp3) is 0.455. The first-order chi connectivity index (χ1) is 6.77. The highest BCUT2D eigenvalue weighted by Crippen LogP contribution is 2.25. The van der Waals surface area contributed by atoms with E-state index in [-0.39, 0.29) is 6.04 Å². The molecule has 2 unspecified atom stereocenters. The van der Waals surface area contributed by atoms with E-state index in [1.165, 1.54) is 12.0 Å². The molecule has 1 aromatic carbocycles. The molecule has 2 atom stereocenters. The van der Waals surface area contributed by atoms with Crippen molar-refractivity contribution in [2.24, 2.45) is 11.7 Å². The average molecular weight is 255 g/mol. The van der Waals surface area contributed by atoms with Gasteiger partial charge in [0.1, 0.15) is 0 Å². The van der Waals surface area contributed by atoms with Gasteiger partial charge in [-0.05, 0) is 43.1 Å². The Morgan fingerprint density at radius 1 is 1.36 bits per heavy atom. The maximum atomic E-state index is 6.20. The van der Waals surface area contributed by atoms with Crippen LogP contribution in [0.15, 0.2) is 28.7 Å². The Kier molecular flexibility index (Phi) is 3.21. The van der Waals surface area contributed by atoms with E-state index < -0.39 is 0 Å². The zero-order chi connectivity index (χ0) is 9.97. The third kappa shape index (κ3) is 2.16. The summed E-state index contributed by atoms with van der Waals surface area (Å²) in [5.41, 5.74) is 7.43. The van der Waals surface area contributed by atoms with Crippen LogP contribution in [-0.4, -0.2) is 13.1 Å². The van der Waals surface area contributed by atoms with Crippen LogP contribution in [0.5, 0.6) is 0 Å². The largest absolute Gasteiger partial charge is 0.324 e. The highest BCUT2D eigenvalue weighted by molar-refractivity contribution is 9.10. The molecule has 1 fully saturated rings. The Bertz CT molecular complexity index is 291. The van der Waals surface area contributed by atoms with Crippen molar-refractivity contribution in [2.45, 2.75) is 12.5 Å². The molecule has 14 heavy (non-hydrogen) atoms. The van der Waals surface area contributed by atoms with Crippen LogP contribution >= 0.6 is 15.9 Å².